The third-order valence-electron chi connectivity index (χ3n) is 9.55. The molecule has 0 amide bonds. The minimum Gasteiger partial charge on any atom is -0.244 e. The normalized spacial score (nSPS) is 16.7. The van der Waals surface area contributed by atoms with E-state index in [1.807, 2.05) is 30.3 Å². The van der Waals surface area contributed by atoms with E-state index in [0.717, 1.165) is 33.5 Å². The van der Waals surface area contributed by atoms with Gasteiger partial charge in [-0.2, -0.15) is 0 Å². The Bertz CT molecular complexity index is 2150. The van der Waals surface area contributed by atoms with Gasteiger partial charge in [0.2, 0.25) is 0 Å². The summed E-state index contributed by atoms with van der Waals surface area (Å²) in [4.78, 5) is 10.4. The summed E-state index contributed by atoms with van der Waals surface area (Å²) < 4.78 is 0. The molecule has 0 aliphatic heterocycles. The molecule has 0 N–H and O–H groups in total. The maximum absolute atomic E-state index is 5.26. The van der Waals surface area contributed by atoms with Gasteiger partial charge in [0.15, 0.2) is 0 Å². The van der Waals surface area contributed by atoms with E-state index >= 15 is 0 Å². The van der Waals surface area contributed by atoms with Crippen molar-refractivity contribution in [2.24, 2.45) is 0 Å². The fourth-order valence-corrected chi connectivity index (χ4v) is 7.63. The number of benzene rings is 6. The maximum atomic E-state index is 5.26. The number of hydrogen-bond donors (Lipinski definition) is 0. The fourth-order valence-electron chi connectivity index (χ4n) is 7.63. The molecule has 1 heterocycles. The van der Waals surface area contributed by atoms with E-state index in [0.29, 0.717) is 0 Å². The monoisotopic (exact) mass is 564 g/mol. The molecule has 1 aliphatic rings. The van der Waals surface area contributed by atoms with Gasteiger partial charge >= 0.3 is 0 Å². The molecular formula is C42H32N2. The third kappa shape index (κ3) is 3.81. The van der Waals surface area contributed by atoms with E-state index in [2.05, 4.69) is 141 Å². The average Bonchev–Trinajstić information content (AvgIpc) is 3.09. The van der Waals surface area contributed by atoms with Crippen LogP contribution in [0.25, 0.3) is 44.7 Å². The highest BCUT2D eigenvalue weighted by molar-refractivity contribution is 5.87. The van der Waals surface area contributed by atoms with Crippen molar-refractivity contribution in [3.8, 4) is 33.6 Å². The fraction of sp³-hybridized carbons (Fsp3) is 0.0952. The zero-order valence-corrected chi connectivity index (χ0v) is 24.9. The van der Waals surface area contributed by atoms with Crippen LogP contribution in [0.2, 0.25) is 0 Å². The van der Waals surface area contributed by atoms with E-state index in [1.165, 1.54) is 33.4 Å². The Morgan fingerprint density at radius 2 is 0.886 bits per heavy atom. The second-order valence-corrected chi connectivity index (χ2v) is 12.2. The summed E-state index contributed by atoms with van der Waals surface area (Å²) in [6.45, 7) is 4.82. The minimum atomic E-state index is -0.466. The molecule has 0 fully saturated rings. The largest absolute Gasteiger partial charge is 0.244 e. The van der Waals surface area contributed by atoms with Crippen LogP contribution in [0.1, 0.15) is 36.1 Å². The van der Waals surface area contributed by atoms with Crippen LogP contribution in [0.4, 0.5) is 0 Å². The summed E-state index contributed by atoms with van der Waals surface area (Å²) >= 11 is 0. The van der Waals surface area contributed by atoms with Crippen LogP contribution >= 0.6 is 0 Å². The molecule has 0 bridgehead atoms. The molecule has 7 aromatic rings. The topological polar surface area (TPSA) is 25.8 Å². The van der Waals surface area contributed by atoms with Crippen molar-refractivity contribution in [1.82, 2.24) is 9.97 Å². The summed E-state index contributed by atoms with van der Waals surface area (Å²) in [5.41, 5.74) is 12.7. The van der Waals surface area contributed by atoms with Gasteiger partial charge in [-0.15, -0.1) is 0 Å². The van der Waals surface area contributed by atoms with E-state index in [9.17, 15) is 0 Å². The van der Waals surface area contributed by atoms with Crippen molar-refractivity contribution in [3.05, 3.63) is 180 Å². The number of hydrogen-bond acceptors (Lipinski definition) is 2. The molecule has 0 radical (unpaired) electrons. The first-order valence-electron chi connectivity index (χ1n) is 15.3. The zero-order valence-electron chi connectivity index (χ0n) is 24.9. The summed E-state index contributed by atoms with van der Waals surface area (Å²) in [5, 5.41) is 0. The number of aromatic nitrogens is 2. The van der Waals surface area contributed by atoms with Gasteiger partial charge in [0.1, 0.15) is 0 Å². The lowest BCUT2D eigenvalue weighted by molar-refractivity contribution is 0.353. The van der Waals surface area contributed by atoms with E-state index in [1.54, 1.807) is 0 Å². The van der Waals surface area contributed by atoms with Crippen LogP contribution in [0.15, 0.2) is 158 Å². The maximum Gasteiger partial charge on any atom is 0.0973 e. The molecule has 1 unspecified atom stereocenters. The predicted molar refractivity (Wildman–Crippen MR) is 182 cm³/mol. The standard InChI is InChI=1S/C42H32N2/c1-41(2)35-24-11-9-22-33(35)34-23-10-12-25-36(34)42(41,31-19-7-4-8-20-31)32-21-15-18-30(28-32)40-39(29-16-5-3-6-17-29)43-37-26-13-14-27-38(37)44-40/h3-28H,1-2H3. The number of para-hydroxylation sites is 2. The second-order valence-electron chi connectivity index (χ2n) is 12.2. The highest BCUT2D eigenvalue weighted by Gasteiger charge is 2.54. The molecule has 2 heteroatoms. The van der Waals surface area contributed by atoms with Gasteiger partial charge in [-0.3, -0.25) is 0 Å². The Morgan fingerprint density at radius 3 is 1.57 bits per heavy atom. The van der Waals surface area contributed by atoms with Crippen LogP contribution in [-0.4, -0.2) is 9.97 Å². The Balaban J connectivity index is 1.45. The summed E-state index contributed by atoms with van der Waals surface area (Å²) in [6.07, 6.45) is 0. The van der Waals surface area contributed by atoms with Crippen molar-refractivity contribution in [2.75, 3.05) is 0 Å². The summed E-state index contributed by atoms with van der Waals surface area (Å²) in [6, 6.07) is 56.5. The van der Waals surface area contributed by atoms with Crippen molar-refractivity contribution in [2.45, 2.75) is 24.7 Å². The molecule has 1 atom stereocenters. The molecule has 1 aliphatic carbocycles. The lowest BCUT2D eigenvalue weighted by Gasteiger charge is -2.53. The van der Waals surface area contributed by atoms with E-state index < -0.39 is 5.41 Å². The highest BCUT2D eigenvalue weighted by atomic mass is 14.8. The van der Waals surface area contributed by atoms with Crippen molar-refractivity contribution >= 4 is 11.0 Å². The molecule has 0 spiro atoms. The van der Waals surface area contributed by atoms with Crippen molar-refractivity contribution in [1.29, 1.82) is 0 Å². The summed E-state index contributed by atoms with van der Waals surface area (Å²) in [7, 11) is 0. The van der Waals surface area contributed by atoms with Crippen molar-refractivity contribution < 1.29 is 0 Å². The lowest BCUT2D eigenvalue weighted by Crippen LogP contribution is -2.49. The van der Waals surface area contributed by atoms with Crippen LogP contribution in [0.3, 0.4) is 0 Å². The van der Waals surface area contributed by atoms with Crippen LogP contribution in [-0.2, 0) is 10.8 Å². The Kier molecular flexibility index (Phi) is 6.06. The highest BCUT2D eigenvalue weighted by Crippen LogP contribution is 2.60. The Hall–Kier alpha value is -5.34. The molecule has 0 saturated carbocycles. The number of rotatable bonds is 4. The first kappa shape index (κ1) is 26.3. The molecule has 6 aromatic carbocycles. The lowest BCUT2D eigenvalue weighted by atomic mass is 9.49. The first-order chi connectivity index (χ1) is 21.6. The van der Waals surface area contributed by atoms with Crippen LogP contribution in [0.5, 0.6) is 0 Å². The van der Waals surface area contributed by atoms with Gasteiger partial charge in [-0.1, -0.05) is 153 Å². The quantitative estimate of drug-likeness (QED) is 0.213. The first-order valence-corrected chi connectivity index (χ1v) is 15.3. The predicted octanol–water partition coefficient (Wildman–Crippen LogP) is 10.3. The van der Waals surface area contributed by atoms with Crippen LogP contribution in [0, 0.1) is 0 Å². The van der Waals surface area contributed by atoms with Gasteiger partial charge in [-0.25, -0.2) is 9.97 Å². The third-order valence-corrected chi connectivity index (χ3v) is 9.55. The van der Waals surface area contributed by atoms with Crippen molar-refractivity contribution in [3.63, 3.8) is 0 Å². The molecule has 0 saturated heterocycles. The molecule has 1 aromatic heterocycles. The smallest absolute Gasteiger partial charge is 0.0973 e. The van der Waals surface area contributed by atoms with Gasteiger partial charge in [-0.05, 0) is 51.6 Å². The average molecular weight is 565 g/mol. The number of nitrogens with zero attached hydrogens (tertiary/aromatic N) is 2. The zero-order chi connectivity index (χ0) is 29.7. The Morgan fingerprint density at radius 1 is 0.409 bits per heavy atom. The van der Waals surface area contributed by atoms with Crippen LogP contribution < -0.4 is 0 Å². The van der Waals surface area contributed by atoms with Gasteiger partial charge in [0.25, 0.3) is 0 Å². The Labute approximate surface area is 258 Å². The van der Waals surface area contributed by atoms with Gasteiger partial charge in [0, 0.05) is 16.5 Å². The number of fused-ring (bicyclic) bond motifs is 4. The SMILES string of the molecule is CC1(C)c2ccccc2-c2ccccc2C1(c1ccccc1)c1cccc(-c2nc3ccccc3nc2-c2ccccc2)c1. The molecule has 44 heavy (non-hydrogen) atoms. The van der Waals surface area contributed by atoms with Gasteiger partial charge < -0.3 is 0 Å². The van der Waals surface area contributed by atoms with E-state index in [-0.39, 0.29) is 5.41 Å². The van der Waals surface area contributed by atoms with Gasteiger partial charge in [0.05, 0.1) is 27.8 Å². The minimum absolute atomic E-state index is 0.282. The van der Waals surface area contributed by atoms with E-state index in [4.69, 9.17) is 9.97 Å². The molecular weight excluding hydrogens is 532 g/mol. The second kappa shape index (κ2) is 10.1. The molecule has 210 valence electrons. The summed E-state index contributed by atoms with van der Waals surface area (Å²) in [5.74, 6) is 0. The molecule has 8 rings (SSSR count). The molecule has 2 nitrogen and oxygen atoms in total.